The molecular formula is C20H21BrN2. The lowest BCUT2D eigenvalue weighted by Gasteiger charge is -2.13. The normalized spacial score (nSPS) is 15.5. The van der Waals surface area contributed by atoms with Crippen LogP contribution in [0.4, 0.5) is 0 Å². The number of imidazole rings is 1. The van der Waals surface area contributed by atoms with E-state index in [4.69, 9.17) is 4.98 Å². The van der Waals surface area contributed by atoms with E-state index >= 15 is 0 Å². The van der Waals surface area contributed by atoms with Crippen LogP contribution in [0.25, 0.3) is 11.0 Å². The first-order valence-electron chi connectivity index (χ1n) is 8.48. The van der Waals surface area contributed by atoms with Gasteiger partial charge in [0.15, 0.2) is 0 Å². The maximum absolute atomic E-state index is 4.94. The molecule has 23 heavy (non-hydrogen) atoms. The van der Waals surface area contributed by atoms with Crippen LogP contribution in [0.5, 0.6) is 0 Å². The summed E-state index contributed by atoms with van der Waals surface area (Å²) >= 11 is 3.52. The highest BCUT2D eigenvalue weighted by molar-refractivity contribution is 9.10. The first kappa shape index (κ1) is 14.9. The molecule has 0 aliphatic heterocycles. The van der Waals surface area contributed by atoms with Crippen molar-refractivity contribution in [3.8, 4) is 0 Å². The van der Waals surface area contributed by atoms with Gasteiger partial charge in [-0.15, -0.1) is 0 Å². The molecule has 0 amide bonds. The molecule has 0 spiro atoms. The van der Waals surface area contributed by atoms with Crippen LogP contribution in [-0.4, -0.2) is 9.55 Å². The van der Waals surface area contributed by atoms with Crippen LogP contribution in [0.3, 0.4) is 0 Å². The average molecular weight is 369 g/mol. The Kier molecular flexibility index (Phi) is 4.21. The molecule has 4 rings (SSSR count). The van der Waals surface area contributed by atoms with Gasteiger partial charge in [0.25, 0.3) is 0 Å². The maximum Gasteiger partial charge on any atom is 0.110 e. The molecule has 0 atom stereocenters. The van der Waals surface area contributed by atoms with Gasteiger partial charge in [-0.3, -0.25) is 0 Å². The summed E-state index contributed by atoms with van der Waals surface area (Å²) in [6.07, 6.45) is 6.61. The fraction of sp³-hybridized carbons (Fsp3) is 0.350. The Labute approximate surface area is 145 Å². The van der Waals surface area contributed by atoms with Crippen molar-refractivity contribution in [2.45, 2.75) is 38.6 Å². The monoisotopic (exact) mass is 368 g/mol. The number of hydrogen-bond acceptors (Lipinski definition) is 1. The molecule has 1 fully saturated rings. The van der Waals surface area contributed by atoms with Crippen LogP contribution in [-0.2, 0) is 13.0 Å². The molecular weight excluding hydrogens is 348 g/mol. The Balaban J connectivity index is 1.71. The van der Waals surface area contributed by atoms with Crippen molar-refractivity contribution in [2.24, 2.45) is 5.92 Å². The van der Waals surface area contributed by atoms with Crippen molar-refractivity contribution in [3.63, 3.8) is 0 Å². The van der Waals surface area contributed by atoms with Gasteiger partial charge in [-0.05, 0) is 35.7 Å². The average Bonchev–Trinajstić information content (AvgIpc) is 3.19. The van der Waals surface area contributed by atoms with Crippen LogP contribution in [0.2, 0.25) is 0 Å². The number of hydrogen-bond donors (Lipinski definition) is 0. The van der Waals surface area contributed by atoms with Gasteiger partial charge in [0.2, 0.25) is 0 Å². The molecule has 0 N–H and O–H groups in total. The summed E-state index contributed by atoms with van der Waals surface area (Å²) in [5.74, 6) is 2.07. The lowest BCUT2D eigenvalue weighted by Crippen LogP contribution is -2.09. The number of nitrogens with zero attached hydrogens (tertiary/aromatic N) is 2. The summed E-state index contributed by atoms with van der Waals surface area (Å²) in [6.45, 7) is 0.899. The molecule has 0 saturated heterocycles. The molecule has 0 bridgehead atoms. The second kappa shape index (κ2) is 6.48. The molecule has 0 unspecified atom stereocenters. The quantitative estimate of drug-likeness (QED) is 0.587. The van der Waals surface area contributed by atoms with Crippen molar-refractivity contribution in [2.75, 3.05) is 0 Å². The van der Waals surface area contributed by atoms with Gasteiger partial charge >= 0.3 is 0 Å². The summed E-state index contributed by atoms with van der Waals surface area (Å²) in [4.78, 5) is 4.94. The van der Waals surface area contributed by atoms with Crippen molar-refractivity contribution in [3.05, 3.63) is 64.4 Å². The zero-order chi connectivity index (χ0) is 15.6. The minimum absolute atomic E-state index is 0.815. The summed E-state index contributed by atoms with van der Waals surface area (Å²) in [7, 11) is 0. The largest absolute Gasteiger partial charge is 0.323 e. The predicted molar refractivity (Wildman–Crippen MR) is 98.6 cm³/mol. The smallest absolute Gasteiger partial charge is 0.110 e. The number of halogens is 1. The van der Waals surface area contributed by atoms with Gasteiger partial charge in [-0.1, -0.05) is 65.9 Å². The molecule has 3 aromatic rings. The molecule has 1 saturated carbocycles. The van der Waals surface area contributed by atoms with Crippen LogP contribution in [0, 0.1) is 5.92 Å². The maximum atomic E-state index is 4.94. The summed E-state index contributed by atoms with van der Waals surface area (Å²) in [5.41, 5.74) is 3.70. The molecule has 1 heterocycles. The van der Waals surface area contributed by atoms with E-state index in [9.17, 15) is 0 Å². The van der Waals surface area contributed by atoms with Crippen molar-refractivity contribution >= 4 is 27.0 Å². The van der Waals surface area contributed by atoms with E-state index < -0.39 is 0 Å². The highest BCUT2D eigenvalue weighted by atomic mass is 79.9. The molecule has 1 aromatic heterocycles. The third-order valence-corrected chi connectivity index (χ3v) is 5.46. The minimum atomic E-state index is 0.815. The third kappa shape index (κ3) is 3.20. The number of rotatable bonds is 4. The van der Waals surface area contributed by atoms with E-state index in [1.54, 1.807) is 0 Å². The van der Waals surface area contributed by atoms with E-state index in [1.165, 1.54) is 42.6 Å². The molecule has 1 aliphatic carbocycles. The fourth-order valence-electron chi connectivity index (χ4n) is 3.70. The highest BCUT2D eigenvalue weighted by Gasteiger charge is 2.19. The van der Waals surface area contributed by atoms with Gasteiger partial charge in [0.05, 0.1) is 11.0 Å². The Morgan fingerprint density at radius 2 is 1.74 bits per heavy atom. The molecule has 118 valence electrons. The molecule has 0 radical (unpaired) electrons. The lowest BCUT2D eigenvalue weighted by atomic mass is 10.0. The first-order chi connectivity index (χ1) is 11.3. The topological polar surface area (TPSA) is 17.8 Å². The van der Waals surface area contributed by atoms with Gasteiger partial charge in [0.1, 0.15) is 5.82 Å². The van der Waals surface area contributed by atoms with Crippen LogP contribution >= 0.6 is 15.9 Å². The highest BCUT2D eigenvalue weighted by Crippen LogP contribution is 2.29. The number of aromatic nitrogens is 2. The molecule has 3 heteroatoms. The van der Waals surface area contributed by atoms with Crippen LogP contribution in [0.1, 0.15) is 37.1 Å². The van der Waals surface area contributed by atoms with Crippen molar-refractivity contribution < 1.29 is 0 Å². The second-order valence-corrected chi connectivity index (χ2v) is 7.50. The molecule has 1 aliphatic rings. The first-order valence-corrected chi connectivity index (χ1v) is 9.27. The third-order valence-electron chi connectivity index (χ3n) is 4.93. The summed E-state index contributed by atoms with van der Waals surface area (Å²) < 4.78 is 3.54. The fourth-order valence-corrected chi connectivity index (χ4v) is 3.97. The van der Waals surface area contributed by atoms with Gasteiger partial charge in [-0.25, -0.2) is 4.98 Å². The second-order valence-electron chi connectivity index (χ2n) is 6.58. The van der Waals surface area contributed by atoms with E-state index in [0.717, 1.165) is 28.9 Å². The molecule has 2 aromatic carbocycles. The Hall–Kier alpha value is -1.61. The van der Waals surface area contributed by atoms with E-state index in [0.29, 0.717) is 0 Å². The van der Waals surface area contributed by atoms with Crippen molar-refractivity contribution in [1.82, 2.24) is 9.55 Å². The van der Waals surface area contributed by atoms with Crippen molar-refractivity contribution in [1.29, 1.82) is 0 Å². The Bertz CT molecular complexity index is 798. The Morgan fingerprint density at radius 1 is 1.00 bits per heavy atom. The van der Waals surface area contributed by atoms with E-state index in [2.05, 4.69) is 69.0 Å². The predicted octanol–water partition coefficient (Wildman–Crippen LogP) is 5.58. The van der Waals surface area contributed by atoms with Crippen LogP contribution in [0.15, 0.2) is 53.0 Å². The summed E-state index contributed by atoms with van der Waals surface area (Å²) in [5, 5.41) is 0. The number of para-hydroxylation sites is 2. The van der Waals surface area contributed by atoms with Gasteiger partial charge in [0, 0.05) is 17.4 Å². The summed E-state index contributed by atoms with van der Waals surface area (Å²) in [6, 6.07) is 17.1. The zero-order valence-corrected chi connectivity index (χ0v) is 14.8. The Morgan fingerprint density at radius 3 is 2.52 bits per heavy atom. The van der Waals surface area contributed by atoms with E-state index in [1.807, 2.05) is 0 Å². The standard InChI is InChI=1S/C20H21BrN2/c21-17-11-9-16(10-12-17)14-23-19-8-4-3-7-18(19)22-20(23)13-15-5-1-2-6-15/h3-4,7-12,15H,1-2,5-6,13-14H2. The molecule has 2 nitrogen and oxygen atoms in total. The SMILES string of the molecule is Brc1ccc(Cn2c(CC3CCCC3)nc3ccccc32)cc1. The van der Waals surface area contributed by atoms with Crippen LogP contribution < -0.4 is 0 Å². The van der Waals surface area contributed by atoms with Gasteiger partial charge < -0.3 is 4.57 Å². The zero-order valence-electron chi connectivity index (χ0n) is 13.2. The minimum Gasteiger partial charge on any atom is -0.323 e. The number of fused-ring (bicyclic) bond motifs is 1. The number of benzene rings is 2. The van der Waals surface area contributed by atoms with E-state index in [-0.39, 0.29) is 0 Å². The lowest BCUT2D eigenvalue weighted by molar-refractivity contribution is 0.518. The van der Waals surface area contributed by atoms with Gasteiger partial charge in [-0.2, -0.15) is 0 Å².